The zero-order chi connectivity index (χ0) is 18.6. The van der Waals surface area contributed by atoms with Crippen molar-refractivity contribution in [1.82, 2.24) is 19.7 Å². The number of aromatic nitrogens is 3. The fourth-order valence-corrected chi connectivity index (χ4v) is 4.55. The number of thiophene rings is 1. The SMILES string of the molecule is O=C(Cn1c(-c2cccs2)n[nH]c1=S)N1CCC(Cc2ccccc2)CC1. The summed E-state index contributed by atoms with van der Waals surface area (Å²) in [5, 5.41) is 9.12. The van der Waals surface area contributed by atoms with Gasteiger partial charge >= 0.3 is 0 Å². The van der Waals surface area contributed by atoms with Crippen LogP contribution in [-0.2, 0) is 17.8 Å². The molecule has 4 rings (SSSR count). The molecule has 7 heteroatoms. The number of aromatic amines is 1. The summed E-state index contributed by atoms with van der Waals surface area (Å²) in [6.07, 6.45) is 3.20. The number of likely N-dealkylation sites (tertiary alicyclic amines) is 1. The minimum atomic E-state index is 0.114. The quantitative estimate of drug-likeness (QED) is 0.657. The van der Waals surface area contributed by atoms with Crippen LogP contribution in [0.15, 0.2) is 47.8 Å². The minimum Gasteiger partial charge on any atom is -0.341 e. The summed E-state index contributed by atoms with van der Waals surface area (Å²) in [6.45, 7) is 1.87. The predicted molar refractivity (Wildman–Crippen MR) is 110 cm³/mol. The average molecular weight is 399 g/mol. The van der Waals surface area contributed by atoms with Gasteiger partial charge in [-0.1, -0.05) is 36.4 Å². The van der Waals surface area contributed by atoms with Crippen molar-refractivity contribution < 1.29 is 4.79 Å². The van der Waals surface area contributed by atoms with E-state index in [0.29, 0.717) is 10.7 Å². The lowest BCUT2D eigenvalue weighted by Gasteiger charge is -2.32. The number of nitrogens with zero attached hydrogens (tertiary/aromatic N) is 3. The van der Waals surface area contributed by atoms with Crippen LogP contribution < -0.4 is 0 Å². The maximum atomic E-state index is 12.8. The van der Waals surface area contributed by atoms with Crippen LogP contribution in [-0.4, -0.2) is 38.7 Å². The van der Waals surface area contributed by atoms with Crippen molar-refractivity contribution in [2.24, 2.45) is 5.92 Å². The Morgan fingerprint density at radius 3 is 2.67 bits per heavy atom. The molecule has 1 aromatic carbocycles. The molecule has 0 spiro atoms. The molecule has 0 saturated carbocycles. The second-order valence-electron chi connectivity index (χ2n) is 6.93. The van der Waals surface area contributed by atoms with Crippen molar-refractivity contribution in [3.8, 4) is 10.7 Å². The topological polar surface area (TPSA) is 53.9 Å². The molecular formula is C20H22N4OS2. The van der Waals surface area contributed by atoms with Crippen LogP contribution in [0.1, 0.15) is 18.4 Å². The van der Waals surface area contributed by atoms with Crippen LogP contribution >= 0.6 is 23.6 Å². The molecule has 1 saturated heterocycles. The maximum absolute atomic E-state index is 12.8. The predicted octanol–water partition coefficient (Wildman–Crippen LogP) is 4.15. The summed E-state index contributed by atoms with van der Waals surface area (Å²) in [5.41, 5.74) is 1.38. The number of benzene rings is 1. The molecule has 3 heterocycles. The van der Waals surface area contributed by atoms with E-state index < -0.39 is 0 Å². The van der Waals surface area contributed by atoms with Crippen LogP contribution in [0.5, 0.6) is 0 Å². The van der Waals surface area contributed by atoms with E-state index in [1.807, 2.05) is 22.4 Å². The van der Waals surface area contributed by atoms with Crippen molar-refractivity contribution in [1.29, 1.82) is 0 Å². The van der Waals surface area contributed by atoms with Crippen LogP contribution in [0.25, 0.3) is 10.7 Å². The van der Waals surface area contributed by atoms with Crippen LogP contribution in [0, 0.1) is 10.7 Å². The van der Waals surface area contributed by atoms with Gasteiger partial charge in [-0.05, 0) is 54.4 Å². The Hall–Kier alpha value is -2.25. The van der Waals surface area contributed by atoms with Crippen molar-refractivity contribution >= 4 is 29.5 Å². The Labute approximate surface area is 167 Å². The van der Waals surface area contributed by atoms with E-state index in [-0.39, 0.29) is 12.5 Å². The number of carbonyl (C=O) groups excluding carboxylic acids is 1. The van der Waals surface area contributed by atoms with Gasteiger partial charge in [0.1, 0.15) is 6.54 Å². The number of nitrogens with one attached hydrogen (secondary N) is 1. The summed E-state index contributed by atoms with van der Waals surface area (Å²) in [5.74, 6) is 1.50. The molecule has 2 aromatic heterocycles. The van der Waals surface area contributed by atoms with Crippen molar-refractivity contribution in [2.45, 2.75) is 25.8 Å². The van der Waals surface area contributed by atoms with E-state index in [9.17, 15) is 4.79 Å². The first-order valence-corrected chi connectivity index (χ1v) is 10.5. The number of hydrogen-bond donors (Lipinski definition) is 1. The van der Waals surface area contributed by atoms with E-state index in [1.165, 1.54) is 5.56 Å². The third-order valence-electron chi connectivity index (χ3n) is 5.13. The Bertz CT molecular complexity index is 938. The van der Waals surface area contributed by atoms with Crippen molar-refractivity contribution in [3.05, 3.63) is 58.2 Å². The third-order valence-corrected chi connectivity index (χ3v) is 6.31. The number of hydrogen-bond acceptors (Lipinski definition) is 4. The van der Waals surface area contributed by atoms with Gasteiger partial charge in [-0.15, -0.1) is 11.3 Å². The highest BCUT2D eigenvalue weighted by Gasteiger charge is 2.24. The molecule has 1 amide bonds. The zero-order valence-electron chi connectivity index (χ0n) is 15.0. The highest BCUT2D eigenvalue weighted by Crippen LogP contribution is 2.24. The molecule has 0 bridgehead atoms. The van der Waals surface area contributed by atoms with Crippen molar-refractivity contribution in [3.63, 3.8) is 0 Å². The highest BCUT2D eigenvalue weighted by molar-refractivity contribution is 7.71. The van der Waals surface area contributed by atoms with E-state index in [4.69, 9.17) is 12.2 Å². The van der Waals surface area contributed by atoms with Gasteiger partial charge < -0.3 is 4.90 Å². The summed E-state index contributed by atoms with van der Waals surface area (Å²) >= 11 is 6.93. The molecule has 27 heavy (non-hydrogen) atoms. The summed E-state index contributed by atoms with van der Waals surface area (Å²) in [4.78, 5) is 15.8. The summed E-state index contributed by atoms with van der Waals surface area (Å²) < 4.78 is 2.30. The number of piperidine rings is 1. The smallest absolute Gasteiger partial charge is 0.242 e. The van der Waals surface area contributed by atoms with E-state index in [1.54, 1.807) is 15.9 Å². The fraction of sp³-hybridized carbons (Fsp3) is 0.350. The Balaban J connectivity index is 1.37. The van der Waals surface area contributed by atoms with Gasteiger partial charge in [-0.2, -0.15) is 5.10 Å². The minimum absolute atomic E-state index is 0.114. The molecule has 1 fully saturated rings. The Morgan fingerprint density at radius 1 is 1.19 bits per heavy atom. The first-order chi connectivity index (χ1) is 13.2. The van der Waals surface area contributed by atoms with E-state index >= 15 is 0 Å². The highest BCUT2D eigenvalue weighted by atomic mass is 32.1. The molecule has 3 aromatic rings. The molecule has 0 unspecified atom stereocenters. The van der Waals surface area contributed by atoms with Gasteiger partial charge in [0.05, 0.1) is 4.88 Å². The van der Waals surface area contributed by atoms with E-state index in [0.717, 1.165) is 43.1 Å². The number of H-pyrrole nitrogens is 1. The molecule has 1 N–H and O–H groups in total. The van der Waals surface area contributed by atoms with Gasteiger partial charge in [0.2, 0.25) is 5.91 Å². The lowest BCUT2D eigenvalue weighted by molar-refractivity contribution is -0.133. The molecule has 1 aliphatic rings. The number of rotatable bonds is 5. The maximum Gasteiger partial charge on any atom is 0.242 e. The molecular weight excluding hydrogens is 376 g/mol. The molecule has 0 radical (unpaired) electrons. The number of amides is 1. The van der Waals surface area contributed by atoms with Gasteiger partial charge in [0.15, 0.2) is 10.6 Å². The third kappa shape index (κ3) is 4.20. The molecule has 5 nitrogen and oxygen atoms in total. The normalized spacial score (nSPS) is 15.2. The first-order valence-electron chi connectivity index (χ1n) is 9.21. The standard InChI is InChI=1S/C20H22N4OS2/c25-18(14-24-19(21-22-20(24)26)17-7-4-12-27-17)23-10-8-16(9-11-23)13-15-5-2-1-3-6-15/h1-7,12,16H,8-11,13-14H2,(H,22,26). The zero-order valence-corrected chi connectivity index (χ0v) is 16.6. The van der Waals surface area contributed by atoms with Gasteiger partial charge in [0, 0.05) is 13.1 Å². The molecule has 0 aliphatic carbocycles. The van der Waals surface area contributed by atoms with E-state index in [2.05, 4.69) is 40.5 Å². The lowest BCUT2D eigenvalue weighted by atomic mass is 9.90. The Morgan fingerprint density at radius 2 is 1.96 bits per heavy atom. The van der Waals surface area contributed by atoms with Crippen LogP contribution in [0.3, 0.4) is 0 Å². The fourth-order valence-electron chi connectivity index (χ4n) is 3.63. The summed E-state index contributed by atoms with van der Waals surface area (Å²) in [7, 11) is 0. The van der Waals surface area contributed by atoms with Gasteiger partial charge in [0.25, 0.3) is 0 Å². The second-order valence-corrected chi connectivity index (χ2v) is 8.26. The first kappa shape index (κ1) is 18.1. The van der Waals surface area contributed by atoms with Crippen LogP contribution in [0.4, 0.5) is 0 Å². The summed E-state index contributed by atoms with van der Waals surface area (Å²) in [6, 6.07) is 14.6. The second kappa shape index (κ2) is 8.19. The number of carbonyl (C=O) groups is 1. The van der Waals surface area contributed by atoms with Crippen molar-refractivity contribution in [2.75, 3.05) is 13.1 Å². The van der Waals surface area contributed by atoms with Gasteiger partial charge in [-0.25, -0.2) is 0 Å². The lowest BCUT2D eigenvalue weighted by Crippen LogP contribution is -2.40. The van der Waals surface area contributed by atoms with Gasteiger partial charge in [-0.3, -0.25) is 14.5 Å². The largest absolute Gasteiger partial charge is 0.341 e. The average Bonchev–Trinajstić information content (AvgIpc) is 3.34. The van der Waals surface area contributed by atoms with Crippen LogP contribution in [0.2, 0.25) is 0 Å². The molecule has 0 atom stereocenters. The molecule has 1 aliphatic heterocycles. The molecule has 140 valence electrons. The monoisotopic (exact) mass is 398 g/mol. The Kier molecular flexibility index (Phi) is 5.50.